The Labute approximate surface area is 157 Å². The number of hydrogen-bond donors (Lipinski definition) is 2. The summed E-state index contributed by atoms with van der Waals surface area (Å²) in [7, 11) is 3.10. The fraction of sp³-hybridized carbons (Fsp3) is 0.368. The quantitative estimate of drug-likeness (QED) is 0.776. The average Bonchev–Trinajstić information content (AvgIpc) is 3.15. The molecule has 0 aliphatic carbocycles. The lowest BCUT2D eigenvalue weighted by molar-refractivity contribution is -0.118. The van der Waals surface area contributed by atoms with Crippen LogP contribution < -0.4 is 20.1 Å². The van der Waals surface area contributed by atoms with E-state index >= 15 is 0 Å². The smallest absolute Gasteiger partial charge is 0.262 e. The molecule has 0 aliphatic heterocycles. The summed E-state index contributed by atoms with van der Waals surface area (Å²) in [6, 6.07) is 6.38. The summed E-state index contributed by atoms with van der Waals surface area (Å²) >= 11 is 1.34. The van der Waals surface area contributed by atoms with Gasteiger partial charge in [-0.05, 0) is 35.9 Å². The van der Waals surface area contributed by atoms with E-state index in [-0.39, 0.29) is 17.7 Å². The van der Waals surface area contributed by atoms with Gasteiger partial charge < -0.3 is 20.1 Å². The van der Waals surface area contributed by atoms with Crippen LogP contribution in [0.15, 0.2) is 29.6 Å². The summed E-state index contributed by atoms with van der Waals surface area (Å²) in [4.78, 5) is 25.7. The molecule has 0 saturated carbocycles. The van der Waals surface area contributed by atoms with Crippen LogP contribution in [0.25, 0.3) is 0 Å². The van der Waals surface area contributed by atoms with E-state index in [1.165, 1.54) is 18.4 Å². The van der Waals surface area contributed by atoms with Gasteiger partial charge in [0.1, 0.15) is 6.04 Å². The van der Waals surface area contributed by atoms with Gasteiger partial charge in [-0.1, -0.05) is 19.9 Å². The second kappa shape index (κ2) is 8.71. The standard InChI is InChI=1S/C19H24N2O4S/c1-11(2)17(21-18(22)16-7-6-8-26-16)19(23)20-13-10-15(25-5)14(24-4)9-12(13)3/h6-11,17H,1-5H3,(H,20,23)(H,21,22). The molecule has 1 atom stereocenters. The Bertz CT molecular complexity index is 772. The van der Waals surface area contributed by atoms with Gasteiger partial charge in [-0.2, -0.15) is 0 Å². The number of rotatable bonds is 7. The topological polar surface area (TPSA) is 76.7 Å². The zero-order valence-electron chi connectivity index (χ0n) is 15.6. The largest absolute Gasteiger partial charge is 0.493 e. The van der Waals surface area contributed by atoms with Crippen LogP contribution in [0.4, 0.5) is 5.69 Å². The molecule has 7 heteroatoms. The number of anilines is 1. The lowest BCUT2D eigenvalue weighted by atomic mass is 10.0. The van der Waals surface area contributed by atoms with Crippen molar-refractivity contribution in [2.24, 2.45) is 5.92 Å². The first-order chi connectivity index (χ1) is 12.4. The molecule has 2 amide bonds. The Kier molecular flexibility index (Phi) is 6.63. The Morgan fingerprint density at radius 2 is 1.77 bits per heavy atom. The van der Waals surface area contributed by atoms with Gasteiger partial charge in [0.05, 0.1) is 19.1 Å². The summed E-state index contributed by atoms with van der Waals surface area (Å²) in [6.07, 6.45) is 0. The predicted octanol–water partition coefficient (Wildman–Crippen LogP) is 3.47. The van der Waals surface area contributed by atoms with Gasteiger partial charge in [0.15, 0.2) is 11.5 Å². The first-order valence-electron chi connectivity index (χ1n) is 8.25. The van der Waals surface area contributed by atoms with E-state index in [9.17, 15) is 9.59 Å². The molecule has 0 saturated heterocycles. The third kappa shape index (κ3) is 4.54. The van der Waals surface area contributed by atoms with E-state index < -0.39 is 6.04 Å². The molecule has 2 rings (SSSR count). The maximum absolute atomic E-state index is 12.8. The van der Waals surface area contributed by atoms with E-state index in [0.29, 0.717) is 22.1 Å². The maximum atomic E-state index is 12.8. The molecule has 1 unspecified atom stereocenters. The van der Waals surface area contributed by atoms with Crippen molar-refractivity contribution in [1.29, 1.82) is 0 Å². The fourth-order valence-electron chi connectivity index (χ4n) is 2.48. The van der Waals surface area contributed by atoms with E-state index in [2.05, 4.69) is 10.6 Å². The van der Waals surface area contributed by atoms with E-state index in [1.807, 2.05) is 26.2 Å². The van der Waals surface area contributed by atoms with Gasteiger partial charge in [-0.15, -0.1) is 11.3 Å². The number of ether oxygens (including phenoxy) is 2. The van der Waals surface area contributed by atoms with Gasteiger partial charge in [-0.3, -0.25) is 9.59 Å². The molecule has 0 aliphatic rings. The average molecular weight is 376 g/mol. The highest BCUT2D eigenvalue weighted by molar-refractivity contribution is 7.12. The molecule has 0 bridgehead atoms. The van der Waals surface area contributed by atoms with E-state index in [1.54, 1.807) is 31.4 Å². The molecule has 26 heavy (non-hydrogen) atoms. The predicted molar refractivity (Wildman–Crippen MR) is 103 cm³/mol. The number of thiophene rings is 1. The van der Waals surface area contributed by atoms with Crippen LogP contribution in [0, 0.1) is 12.8 Å². The minimum Gasteiger partial charge on any atom is -0.493 e. The van der Waals surface area contributed by atoms with Crippen LogP contribution in [0.1, 0.15) is 29.1 Å². The first-order valence-corrected chi connectivity index (χ1v) is 9.13. The number of benzene rings is 1. The van der Waals surface area contributed by atoms with Gasteiger partial charge >= 0.3 is 0 Å². The maximum Gasteiger partial charge on any atom is 0.262 e. The lowest BCUT2D eigenvalue weighted by Crippen LogP contribution is -2.47. The summed E-state index contributed by atoms with van der Waals surface area (Å²) in [5.41, 5.74) is 1.45. The van der Waals surface area contributed by atoms with Crippen LogP contribution in [-0.4, -0.2) is 32.1 Å². The molecule has 1 heterocycles. The molecule has 140 valence electrons. The zero-order chi connectivity index (χ0) is 19.3. The van der Waals surface area contributed by atoms with Crippen LogP contribution >= 0.6 is 11.3 Å². The van der Waals surface area contributed by atoms with Crippen LogP contribution in [0.2, 0.25) is 0 Å². The minimum atomic E-state index is -0.655. The normalized spacial score (nSPS) is 11.8. The molecule has 2 aromatic rings. The highest BCUT2D eigenvalue weighted by Crippen LogP contribution is 2.33. The number of carbonyl (C=O) groups is 2. The number of hydrogen-bond acceptors (Lipinski definition) is 5. The summed E-state index contributed by atoms with van der Waals surface area (Å²) in [5, 5.41) is 7.52. The minimum absolute atomic E-state index is 0.0700. The third-order valence-corrected chi connectivity index (χ3v) is 4.84. The van der Waals surface area contributed by atoms with Crippen LogP contribution in [0.5, 0.6) is 11.5 Å². The molecule has 0 spiro atoms. The van der Waals surface area contributed by atoms with Crippen molar-refractivity contribution in [3.05, 3.63) is 40.1 Å². The fourth-order valence-corrected chi connectivity index (χ4v) is 3.11. The Balaban J connectivity index is 2.18. The first kappa shape index (κ1) is 19.8. The second-order valence-electron chi connectivity index (χ2n) is 6.18. The Morgan fingerprint density at radius 1 is 1.12 bits per heavy atom. The van der Waals surface area contributed by atoms with E-state index in [0.717, 1.165) is 5.56 Å². The van der Waals surface area contributed by atoms with Crippen molar-refractivity contribution in [1.82, 2.24) is 5.32 Å². The molecule has 6 nitrogen and oxygen atoms in total. The second-order valence-corrected chi connectivity index (χ2v) is 7.13. The molecule has 0 fully saturated rings. The number of methoxy groups -OCH3 is 2. The van der Waals surface area contributed by atoms with Gasteiger partial charge in [0, 0.05) is 11.8 Å². The van der Waals surface area contributed by atoms with Crippen LogP contribution in [0.3, 0.4) is 0 Å². The van der Waals surface area contributed by atoms with Crippen LogP contribution in [-0.2, 0) is 4.79 Å². The molecule has 1 aromatic heterocycles. The SMILES string of the molecule is COc1cc(C)c(NC(=O)C(NC(=O)c2cccs2)C(C)C)cc1OC. The van der Waals surface area contributed by atoms with Crippen molar-refractivity contribution in [3.8, 4) is 11.5 Å². The Hall–Kier alpha value is -2.54. The molecule has 2 N–H and O–H groups in total. The highest BCUT2D eigenvalue weighted by atomic mass is 32.1. The van der Waals surface area contributed by atoms with Crippen molar-refractivity contribution in [2.75, 3.05) is 19.5 Å². The number of amides is 2. The van der Waals surface area contributed by atoms with Crippen molar-refractivity contribution >= 4 is 28.8 Å². The number of nitrogens with one attached hydrogen (secondary N) is 2. The molecule has 1 aromatic carbocycles. The van der Waals surface area contributed by atoms with E-state index in [4.69, 9.17) is 9.47 Å². The number of aryl methyl sites for hydroxylation is 1. The monoisotopic (exact) mass is 376 g/mol. The lowest BCUT2D eigenvalue weighted by Gasteiger charge is -2.22. The Morgan fingerprint density at radius 3 is 2.31 bits per heavy atom. The summed E-state index contributed by atoms with van der Waals surface area (Å²) < 4.78 is 10.6. The van der Waals surface area contributed by atoms with Crippen molar-refractivity contribution < 1.29 is 19.1 Å². The summed E-state index contributed by atoms with van der Waals surface area (Å²) in [5.74, 6) is 0.518. The van der Waals surface area contributed by atoms with Gasteiger partial charge in [0.25, 0.3) is 5.91 Å². The molecular weight excluding hydrogens is 352 g/mol. The van der Waals surface area contributed by atoms with Gasteiger partial charge in [-0.25, -0.2) is 0 Å². The zero-order valence-corrected chi connectivity index (χ0v) is 16.4. The number of carbonyl (C=O) groups excluding carboxylic acids is 2. The van der Waals surface area contributed by atoms with Crippen molar-refractivity contribution in [2.45, 2.75) is 26.8 Å². The highest BCUT2D eigenvalue weighted by Gasteiger charge is 2.25. The molecule has 0 radical (unpaired) electrons. The molecular formula is C19H24N2O4S. The van der Waals surface area contributed by atoms with Gasteiger partial charge in [0.2, 0.25) is 5.91 Å². The summed E-state index contributed by atoms with van der Waals surface area (Å²) in [6.45, 7) is 5.65. The third-order valence-electron chi connectivity index (χ3n) is 3.97. The van der Waals surface area contributed by atoms with Crippen molar-refractivity contribution in [3.63, 3.8) is 0 Å².